The molecule has 2 aliphatic rings. The van der Waals surface area contributed by atoms with Crippen LogP contribution >= 0.6 is 0 Å². The summed E-state index contributed by atoms with van der Waals surface area (Å²) >= 11 is 0. The largest absolute Gasteiger partial charge is 0.375 e. The van der Waals surface area contributed by atoms with Crippen molar-refractivity contribution in [3.05, 3.63) is 266 Å². The van der Waals surface area contributed by atoms with Crippen molar-refractivity contribution in [2.45, 2.75) is 52.4 Å². The van der Waals surface area contributed by atoms with Crippen LogP contribution in [0.2, 0.25) is 0 Å². The van der Waals surface area contributed by atoms with Crippen LogP contribution in [-0.2, 0) is 10.8 Å². The summed E-state index contributed by atoms with van der Waals surface area (Å²) in [5.41, 5.74) is 21.5. The van der Waals surface area contributed by atoms with E-state index in [9.17, 15) is 0 Å². The van der Waals surface area contributed by atoms with Gasteiger partial charge in [-0.3, -0.25) is 0 Å². The van der Waals surface area contributed by atoms with E-state index in [0.717, 1.165) is 28.4 Å². The number of hydrogen-bond acceptors (Lipinski definition) is 2. The van der Waals surface area contributed by atoms with Gasteiger partial charge in [0.1, 0.15) is 0 Å². The summed E-state index contributed by atoms with van der Waals surface area (Å²) in [6.45, 7) is 14.0. The summed E-state index contributed by atoms with van der Waals surface area (Å²) in [4.78, 5) is 5.10. The number of hydrogen-bond donors (Lipinski definition) is 0. The zero-order valence-corrected chi connectivity index (χ0v) is 47.2. The minimum atomic E-state index is -0.181. The second-order valence-corrected chi connectivity index (χ2v) is 24.9. The zero-order valence-electron chi connectivity index (χ0n) is 47.2. The lowest BCUT2D eigenvalue weighted by Gasteiger charge is -2.42. The van der Waals surface area contributed by atoms with Crippen molar-refractivity contribution in [1.82, 2.24) is 4.48 Å². The van der Waals surface area contributed by atoms with Gasteiger partial charge in [0.05, 0.1) is 0 Å². The molecule has 2 aliphatic heterocycles. The number of para-hydroxylation sites is 2. The molecule has 0 atom stereocenters. The maximum Gasteiger partial charge on any atom is 0.333 e. The van der Waals surface area contributed by atoms with Gasteiger partial charge in [-0.05, 0) is 201 Å². The molecule has 4 heteroatoms. The van der Waals surface area contributed by atoms with E-state index in [1.807, 2.05) is 0 Å². The third-order valence-electron chi connectivity index (χ3n) is 17.9. The lowest BCUT2D eigenvalue weighted by atomic mass is 9.45. The highest BCUT2D eigenvalue weighted by molar-refractivity contribution is 6.90. The van der Waals surface area contributed by atoms with Crippen LogP contribution < -0.4 is 20.7 Å². The standard InChI is InChI=1S/C78H60BN3/c1-77(2,3)55-35-36-72-67(44-55)69-45-56(78(4,5)6)46-70-68-47-60(80(57-27-15-9-16-28-57)58-29-17-10-18-30-58)48-74-75(68)79(82(72)76(69)70)71-42-53-40-65-63-33-21-19-31-61(63)62-32-20-22-34-64(62)66(65)41-54(53)43-73(71)81(74)59-38-51(49-23-11-7-12-24-49)37-52(39-59)50-25-13-8-14-26-50/h7-48H,1-6H3. The van der Waals surface area contributed by atoms with E-state index in [2.05, 4.69) is 311 Å². The fourth-order valence-electron chi connectivity index (χ4n) is 13.9. The Hall–Kier alpha value is -9.64. The topological polar surface area (TPSA) is 11.4 Å². The van der Waals surface area contributed by atoms with Crippen LogP contribution in [0.5, 0.6) is 0 Å². The van der Waals surface area contributed by atoms with Gasteiger partial charge >= 0.3 is 6.85 Å². The molecule has 0 unspecified atom stereocenters. The number of benzene rings is 13. The molecule has 0 aliphatic carbocycles. The van der Waals surface area contributed by atoms with E-state index in [-0.39, 0.29) is 17.7 Å². The van der Waals surface area contributed by atoms with E-state index in [0.29, 0.717) is 0 Å². The lowest BCUT2D eigenvalue weighted by Crippen LogP contribution is -2.56. The van der Waals surface area contributed by atoms with Crippen molar-refractivity contribution in [1.29, 1.82) is 0 Å². The molecule has 0 amide bonds. The predicted octanol–water partition coefficient (Wildman–Crippen LogP) is 20.2. The summed E-state index contributed by atoms with van der Waals surface area (Å²) in [6.07, 6.45) is 0. The van der Waals surface area contributed by atoms with Gasteiger partial charge < -0.3 is 14.3 Å². The third kappa shape index (κ3) is 7.44. The highest BCUT2D eigenvalue weighted by atomic mass is 15.2. The summed E-state index contributed by atoms with van der Waals surface area (Å²) in [6, 6.07) is 96.5. The first-order valence-electron chi connectivity index (χ1n) is 29.0. The Balaban J connectivity index is 1.10. The van der Waals surface area contributed by atoms with Crippen LogP contribution in [0, 0.1) is 0 Å². The Bertz CT molecular complexity index is 4840. The van der Waals surface area contributed by atoms with Crippen molar-refractivity contribution in [3.63, 3.8) is 0 Å². The molecule has 0 bridgehead atoms. The highest BCUT2D eigenvalue weighted by Gasteiger charge is 2.44. The van der Waals surface area contributed by atoms with Gasteiger partial charge in [0, 0.05) is 61.5 Å². The molecule has 13 aromatic carbocycles. The smallest absolute Gasteiger partial charge is 0.333 e. The first kappa shape index (κ1) is 48.3. The molecule has 0 saturated carbocycles. The lowest BCUT2D eigenvalue weighted by molar-refractivity contribution is 0.590. The van der Waals surface area contributed by atoms with Gasteiger partial charge in [-0.1, -0.05) is 199 Å². The van der Waals surface area contributed by atoms with E-state index in [1.54, 1.807) is 0 Å². The number of fused-ring (bicyclic) bond motifs is 14. The maximum absolute atomic E-state index is 2.75. The minimum Gasteiger partial charge on any atom is -0.375 e. The van der Waals surface area contributed by atoms with Crippen molar-refractivity contribution in [2.24, 2.45) is 0 Å². The van der Waals surface area contributed by atoms with Crippen molar-refractivity contribution in [2.75, 3.05) is 9.80 Å². The van der Waals surface area contributed by atoms with Crippen LogP contribution in [0.3, 0.4) is 0 Å². The van der Waals surface area contributed by atoms with Crippen LogP contribution in [0.25, 0.3) is 98.3 Å². The van der Waals surface area contributed by atoms with Gasteiger partial charge in [0.2, 0.25) is 0 Å². The van der Waals surface area contributed by atoms with Gasteiger partial charge in [-0.2, -0.15) is 0 Å². The molecule has 0 radical (unpaired) electrons. The second kappa shape index (κ2) is 17.9. The van der Waals surface area contributed by atoms with Crippen molar-refractivity contribution in [3.8, 4) is 33.4 Å². The Morgan fingerprint density at radius 3 is 1.39 bits per heavy atom. The van der Waals surface area contributed by atoms with Gasteiger partial charge in [-0.25, -0.2) is 0 Å². The summed E-state index contributed by atoms with van der Waals surface area (Å²) in [7, 11) is 0. The monoisotopic (exact) mass is 1050 g/mol. The third-order valence-corrected chi connectivity index (χ3v) is 17.9. The van der Waals surface area contributed by atoms with Crippen molar-refractivity contribution < 1.29 is 0 Å². The predicted molar refractivity (Wildman–Crippen MR) is 353 cm³/mol. The molecule has 16 rings (SSSR count). The van der Waals surface area contributed by atoms with E-state index < -0.39 is 0 Å². The maximum atomic E-state index is 2.75. The Morgan fingerprint density at radius 2 is 0.841 bits per heavy atom. The summed E-state index contributed by atoms with van der Waals surface area (Å²) in [5, 5.41) is 12.7. The number of anilines is 6. The molecule has 14 aromatic rings. The molecule has 1 aromatic heterocycles. The van der Waals surface area contributed by atoms with E-state index in [1.165, 1.54) is 126 Å². The highest BCUT2D eigenvalue weighted by Crippen LogP contribution is 2.52. The molecule has 82 heavy (non-hydrogen) atoms. The number of rotatable bonds is 6. The SMILES string of the molecule is CC(C)(C)c1ccc2c(c1)c1cc(C(C)(C)C)cc3c1n2B1c2cc4cc5c6ccccc6c6ccccc6c5cc4cc2N(c2cc(-c4ccccc4)cc(-c4ccccc4)c2)c2cc(N(c4ccccc4)c4ccccc4)cc-3c21. The molecule has 3 heterocycles. The second-order valence-electron chi connectivity index (χ2n) is 24.9. The first-order chi connectivity index (χ1) is 39.9. The first-order valence-corrected chi connectivity index (χ1v) is 29.0. The average Bonchev–Trinajstić information content (AvgIpc) is 3.12. The van der Waals surface area contributed by atoms with E-state index >= 15 is 0 Å². The summed E-state index contributed by atoms with van der Waals surface area (Å²) in [5.74, 6) is 0. The molecule has 0 N–H and O–H groups in total. The minimum absolute atomic E-state index is 0.0430. The normalized spacial score (nSPS) is 13.0. The van der Waals surface area contributed by atoms with Gasteiger partial charge in [0.25, 0.3) is 0 Å². The van der Waals surface area contributed by atoms with Gasteiger partial charge in [0.15, 0.2) is 0 Å². The Labute approximate surface area is 480 Å². The molecule has 390 valence electrons. The molecule has 0 spiro atoms. The molecule has 0 fully saturated rings. The van der Waals surface area contributed by atoms with Crippen LogP contribution in [0.15, 0.2) is 255 Å². The molecule has 3 nitrogen and oxygen atoms in total. The molecule has 0 saturated heterocycles. The molecular formula is C78H60BN3. The molecular weight excluding hydrogens is 990 g/mol. The van der Waals surface area contributed by atoms with Crippen LogP contribution in [0.4, 0.5) is 34.1 Å². The number of nitrogens with zero attached hydrogens (tertiary/aromatic N) is 3. The van der Waals surface area contributed by atoms with Gasteiger partial charge in [-0.15, -0.1) is 0 Å². The van der Waals surface area contributed by atoms with Crippen LogP contribution in [-0.4, -0.2) is 11.3 Å². The fraction of sp³-hybridized carbons (Fsp3) is 0.103. The Morgan fingerprint density at radius 1 is 0.341 bits per heavy atom. The fourth-order valence-corrected chi connectivity index (χ4v) is 13.9. The average molecular weight is 1050 g/mol. The Kier molecular flexibility index (Phi) is 10.6. The summed E-state index contributed by atoms with van der Waals surface area (Å²) < 4.78 is 2.75. The van der Waals surface area contributed by atoms with Crippen LogP contribution in [0.1, 0.15) is 52.7 Å². The quantitative estimate of drug-likeness (QED) is 0.0934. The number of aromatic nitrogens is 1. The van der Waals surface area contributed by atoms with Crippen molar-refractivity contribution >= 4 is 117 Å². The van der Waals surface area contributed by atoms with E-state index in [4.69, 9.17) is 0 Å². The zero-order chi connectivity index (χ0) is 55.2.